The molecule has 102 valence electrons. The number of urea groups is 1. The lowest BCUT2D eigenvalue weighted by Gasteiger charge is -2.33. The number of carbonyl (C=O) groups is 1. The smallest absolute Gasteiger partial charge is 0.317 e. The minimum Gasteiger partial charge on any atom is -0.398 e. The monoisotopic (exact) mass is 260 g/mol. The summed E-state index contributed by atoms with van der Waals surface area (Å²) in [4.78, 5) is 15.7. The molecule has 0 aliphatic carbocycles. The number of nitrogens with one attached hydrogen (secondary N) is 1. The molecule has 2 aliphatic rings. The van der Waals surface area contributed by atoms with Gasteiger partial charge in [0.25, 0.3) is 0 Å². The van der Waals surface area contributed by atoms with E-state index >= 15 is 0 Å². The third kappa shape index (κ3) is 2.32. The molecule has 2 aliphatic heterocycles. The van der Waals surface area contributed by atoms with Crippen molar-refractivity contribution < 1.29 is 4.79 Å². The van der Waals surface area contributed by atoms with Crippen LogP contribution < -0.4 is 16.0 Å². The molecule has 1 saturated heterocycles. The Kier molecular flexibility index (Phi) is 3.19. The summed E-state index contributed by atoms with van der Waals surface area (Å²) in [6, 6.07) is 6.17. The van der Waals surface area contributed by atoms with Gasteiger partial charge in [-0.1, -0.05) is 6.07 Å². The molecule has 0 aromatic heterocycles. The highest BCUT2D eigenvalue weighted by Crippen LogP contribution is 2.30. The van der Waals surface area contributed by atoms with Crippen LogP contribution in [-0.2, 0) is 6.42 Å². The standard InChI is InChI=1S/C14H20N4O/c15-12-4-1-5-13-11(12)3-2-7-17(13)9-10-18-8-6-16-14(18)19/h1,4-5H,2-3,6-10,15H2,(H,16,19). The molecule has 3 rings (SSSR count). The van der Waals surface area contributed by atoms with E-state index < -0.39 is 0 Å². The quantitative estimate of drug-likeness (QED) is 0.798. The molecule has 1 aromatic rings. The summed E-state index contributed by atoms with van der Waals surface area (Å²) in [5.41, 5.74) is 9.44. The van der Waals surface area contributed by atoms with Crippen LogP contribution in [0, 0.1) is 0 Å². The molecule has 3 N–H and O–H groups in total. The van der Waals surface area contributed by atoms with Gasteiger partial charge in [0.15, 0.2) is 0 Å². The van der Waals surface area contributed by atoms with Gasteiger partial charge in [0.2, 0.25) is 0 Å². The molecule has 2 amide bonds. The summed E-state index contributed by atoms with van der Waals surface area (Å²) in [7, 11) is 0. The predicted octanol–water partition coefficient (Wildman–Crippen LogP) is 1.05. The van der Waals surface area contributed by atoms with E-state index in [1.54, 1.807) is 0 Å². The van der Waals surface area contributed by atoms with Gasteiger partial charge in [-0.2, -0.15) is 0 Å². The summed E-state index contributed by atoms with van der Waals surface area (Å²) < 4.78 is 0. The molecule has 1 aromatic carbocycles. The molecule has 0 spiro atoms. The van der Waals surface area contributed by atoms with E-state index in [9.17, 15) is 4.79 Å². The summed E-state index contributed by atoms with van der Waals surface area (Å²) in [5, 5.41) is 2.83. The van der Waals surface area contributed by atoms with Gasteiger partial charge in [-0.05, 0) is 30.5 Å². The minimum atomic E-state index is 0.0600. The van der Waals surface area contributed by atoms with Crippen molar-refractivity contribution in [3.8, 4) is 0 Å². The Morgan fingerprint density at radius 3 is 2.84 bits per heavy atom. The molecular formula is C14H20N4O. The number of anilines is 2. The van der Waals surface area contributed by atoms with Crippen molar-refractivity contribution in [2.75, 3.05) is 43.4 Å². The molecule has 0 bridgehead atoms. The summed E-state index contributed by atoms with van der Waals surface area (Å²) >= 11 is 0. The molecular weight excluding hydrogens is 240 g/mol. The minimum absolute atomic E-state index is 0.0600. The van der Waals surface area contributed by atoms with Crippen molar-refractivity contribution in [2.45, 2.75) is 12.8 Å². The highest BCUT2D eigenvalue weighted by Gasteiger charge is 2.22. The Labute approximate surface area is 113 Å². The van der Waals surface area contributed by atoms with Gasteiger partial charge in [-0.25, -0.2) is 4.79 Å². The highest BCUT2D eigenvalue weighted by atomic mass is 16.2. The summed E-state index contributed by atoms with van der Waals surface area (Å²) in [6.45, 7) is 4.29. The Hall–Kier alpha value is -1.91. The molecule has 5 nitrogen and oxygen atoms in total. The number of hydrogen-bond acceptors (Lipinski definition) is 3. The number of nitrogens with two attached hydrogens (primary N) is 1. The molecule has 1 fully saturated rings. The first-order chi connectivity index (χ1) is 9.25. The molecule has 0 unspecified atom stereocenters. The number of amides is 2. The van der Waals surface area contributed by atoms with Crippen LogP contribution in [0.3, 0.4) is 0 Å². The third-order valence-corrected chi connectivity index (χ3v) is 3.97. The van der Waals surface area contributed by atoms with Gasteiger partial charge < -0.3 is 20.9 Å². The first-order valence-corrected chi connectivity index (χ1v) is 6.91. The van der Waals surface area contributed by atoms with Crippen LogP contribution in [-0.4, -0.2) is 43.7 Å². The van der Waals surface area contributed by atoms with Crippen molar-refractivity contribution >= 4 is 17.4 Å². The van der Waals surface area contributed by atoms with Crippen molar-refractivity contribution in [1.82, 2.24) is 10.2 Å². The normalized spacial score (nSPS) is 18.4. The van der Waals surface area contributed by atoms with E-state index in [1.165, 1.54) is 11.3 Å². The second-order valence-electron chi connectivity index (χ2n) is 5.15. The van der Waals surface area contributed by atoms with Gasteiger partial charge in [0, 0.05) is 44.1 Å². The van der Waals surface area contributed by atoms with Gasteiger partial charge >= 0.3 is 6.03 Å². The zero-order chi connectivity index (χ0) is 13.2. The summed E-state index contributed by atoms with van der Waals surface area (Å²) in [5.74, 6) is 0. The van der Waals surface area contributed by atoms with Gasteiger partial charge in [-0.15, -0.1) is 0 Å². The SMILES string of the molecule is Nc1cccc2c1CCCN2CCN1CCNC1=O. The topological polar surface area (TPSA) is 61.6 Å². The summed E-state index contributed by atoms with van der Waals surface area (Å²) in [6.07, 6.45) is 2.19. The van der Waals surface area contributed by atoms with E-state index in [4.69, 9.17) is 5.73 Å². The molecule has 0 radical (unpaired) electrons. The number of benzene rings is 1. The Morgan fingerprint density at radius 1 is 1.21 bits per heavy atom. The van der Waals surface area contributed by atoms with Gasteiger partial charge in [-0.3, -0.25) is 0 Å². The number of rotatable bonds is 3. The average molecular weight is 260 g/mol. The zero-order valence-corrected chi connectivity index (χ0v) is 11.1. The lowest BCUT2D eigenvalue weighted by atomic mass is 10.00. The van der Waals surface area contributed by atoms with E-state index in [1.807, 2.05) is 17.0 Å². The number of carbonyl (C=O) groups excluding carboxylic acids is 1. The largest absolute Gasteiger partial charge is 0.398 e. The Balaban J connectivity index is 1.70. The van der Waals surface area contributed by atoms with Crippen molar-refractivity contribution in [3.63, 3.8) is 0 Å². The fourth-order valence-electron chi connectivity index (χ4n) is 2.93. The zero-order valence-electron chi connectivity index (χ0n) is 11.1. The van der Waals surface area contributed by atoms with Gasteiger partial charge in [0.05, 0.1) is 0 Å². The molecule has 5 heteroatoms. The highest BCUT2D eigenvalue weighted by molar-refractivity contribution is 5.76. The van der Waals surface area contributed by atoms with Crippen LogP contribution in [0.1, 0.15) is 12.0 Å². The van der Waals surface area contributed by atoms with Crippen LogP contribution in [0.2, 0.25) is 0 Å². The fraction of sp³-hybridized carbons (Fsp3) is 0.500. The van der Waals surface area contributed by atoms with Crippen LogP contribution in [0.4, 0.5) is 16.2 Å². The van der Waals surface area contributed by atoms with E-state index in [0.29, 0.717) is 0 Å². The Bertz CT molecular complexity index is 488. The number of hydrogen-bond donors (Lipinski definition) is 2. The van der Waals surface area contributed by atoms with Crippen molar-refractivity contribution in [2.24, 2.45) is 0 Å². The molecule has 0 atom stereocenters. The lowest BCUT2D eigenvalue weighted by Crippen LogP contribution is -2.39. The lowest BCUT2D eigenvalue weighted by molar-refractivity contribution is 0.218. The van der Waals surface area contributed by atoms with E-state index in [2.05, 4.69) is 16.3 Å². The first kappa shape index (κ1) is 12.1. The number of nitrogens with zero attached hydrogens (tertiary/aromatic N) is 2. The third-order valence-electron chi connectivity index (χ3n) is 3.97. The van der Waals surface area contributed by atoms with Crippen molar-refractivity contribution in [3.05, 3.63) is 23.8 Å². The predicted molar refractivity (Wildman–Crippen MR) is 76.4 cm³/mol. The first-order valence-electron chi connectivity index (χ1n) is 6.91. The van der Waals surface area contributed by atoms with Crippen LogP contribution in [0.5, 0.6) is 0 Å². The van der Waals surface area contributed by atoms with Crippen LogP contribution in [0.25, 0.3) is 0 Å². The number of fused-ring (bicyclic) bond motifs is 1. The number of nitrogen functional groups attached to an aromatic ring is 1. The van der Waals surface area contributed by atoms with E-state index in [-0.39, 0.29) is 6.03 Å². The van der Waals surface area contributed by atoms with Crippen LogP contribution in [0.15, 0.2) is 18.2 Å². The van der Waals surface area contributed by atoms with Gasteiger partial charge in [0.1, 0.15) is 0 Å². The maximum Gasteiger partial charge on any atom is 0.317 e. The van der Waals surface area contributed by atoms with E-state index in [0.717, 1.165) is 51.3 Å². The Morgan fingerprint density at radius 2 is 2.05 bits per heavy atom. The maximum atomic E-state index is 11.5. The van der Waals surface area contributed by atoms with Crippen LogP contribution >= 0.6 is 0 Å². The molecule has 19 heavy (non-hydrogen) atoms. The fourth-order valence-corrected chi connectivity index (χ4v) is 2.93. The second kappa shape index (κ2) is 4.99. The second-order valence-corrected chi connectivity index (χ2v) is 5.15. The maximum absolute atomic E-state index is 11.5. The molecule has 2 heterocycles. The molecule has 0 saturated carbocycles. The van der Waals surface area contributed by atoms with Crippen molar-refractivity contribution in [1.29, 1.82) is 0 Å². The average Bonchev–Trinajstić information content (AvgIpc) is 2.82.